The van der Waals surface area contributed by atoms with Crippen LogP contribution < -0.4 is 9.80 Å². The van der Waals surface area contributed by atoms with Crippen LogP contribution in [0.25, 0.3) is 0 Å². The highest BCUT2D eigenvalue weighted by atomic mass is 16.3. The molecule has 1 atom stereocenters. The van der Waals surface area contributed by atoms with Crippen molar-refractivity contribution in [1.82, 2.24) is 4.90 Å². The van der Waals surface area contributed by atoms with Gasteiger partial charge in [-0.1, -0.05) is 66.2 Å². The SMILES string of the molecule is Cc1ccc(C(=O)CC2(O)C(=O)N(CN3CCN(c4ccccc4)CC3)c3ccccc32)cc1. The van der Waals surface area contributed by atoms with Crippen LogP contribution in [0.5, 0.6) is 0 Å². The van der Waals surface area contributed by atoms with Gasteiger partial charge < -0.3 is 10.0 Å². The standard InChI is InChI=1S/C28H29N3O3/c1-21-11-13-22(14-12-21)26(32)19-28(34)24-9-5-6-10-25(24)31(27(28)33)20-29-15-17-30(18-16-29)23-7-3-2-4-8-23/h2-14,34H,15-20H2,1H3. The van der Waals surface area contributed by atoms with Gasteiger partial charge in [-0.15, -0.1) is 0 Å². The first-order valence-corrected chi connectivity index (χ1v) is 11.7. The molecule has 3 aromatic carbocycles. The molecule has 3 aromatic rings. The maximum atomic E-state index is 13.6. The van der Waals surface area contributed by atoms with Gasteiger partial charge in [0.05, 0.1) is 18.8 Å². The van der Waals surface area contributed by atoms with Crippen molar-refractivity contribution < 1.29 is 14.7 Å². The topological polar surface area (TPSA) is 64.1 Å². The highest BCUT2D eigenvalue weighted by Gasteiger charge is 2.51. The molecule has 1 unspecified atom stereocenters. The van der Waals surface area contributed by atoms with E-state index in [2.05, 4.69) is 21.9 Å². The van der Waals surface area contributed by atoms with Crippen molar-refractivity contribution >= 4 is 23.1 Å². The molecule has 0 spiro atoms. The molecule has 1 amide bonds. The summed E-state index contributed by atoms with van der Waals surface area (Å²) in [5, 5.41) is 11.6. The minimum Gasteiger partial charge on any atom is -0.375 e. The predicted octanol–water partition coefficient (Wildman–Crippen LogP) is 3.58. The number of rotatable bonds is 6. The molecule has 2 aliphatic heterocycles. The number of nitrogens with zero attached hydrogens (tertiary/aromatic N) is 3. The number of para-hydroxylation sites is 2. The van der Waals surface area contributed by atoms with E-state index in [1.54, 1.807) is 29.2 Å². The Balaban J connectivity index is 1.32. The Hall–Kier alpha value is -3.48. The zero-order valence-electron chi connectivity index (χ0n) is 19.4. The molecule has 1 fully saturated rings. The van der Waals surface area contributed by atoms with Crippen molar-refractivity contribution in [3.8, 4) is 0 Å². The van der Waals surface area contributed by atoms with Gasteiger partial charge in [-0.25, -0.2) is 0 Å². The molecule has 1 saturated heterocycles. The summed E-state index contributed by atoms with van der Waals surface area (Å²) in [4.78, 5) is 32.7. The van der Waals surface area contributed by atoms with Crippen LogP contribution in [0.2, 0.25) is 0 Å². The summed E-state index contributed by atoms with van der Waals surface area (Å²) < 4.78 is 0. The minimum absolute atomic E-state index is 0.246. The van der Waals surface area contributed by atoms with Crippen molar-refractivity contribution in [2.24, 2.45) is 0 Å². The number of piperazine rings is 1. The van der Waals surface area contributed by atoms with Crippen LogP contribution in [0.3, 0.4) is 0 Å². The highest BCUT2D eigenvalue weighted by molar-refractivity contribution is 6.10. The molecule has 6 heteroatoms. The molecular formula is C28H29N3O3. The number of carbonyl (C=O) groups is 2. The quantitative estimate of drug-likeness (QED) is 0.576. The molecule has 5 rings (SSSR count). The Morgan fingerprint density at radius 2 is 1.53 bits per heavy atom. The second-order valence-corrected chi connectivity index (χ2v) is 9.16. The molecule has 2 heterocycles. The van der Waals surface area contributed by atoms with E-state index >= 15 is 0 Å². The second-order valence-electron chi connectivity index (χ2n) is 9.16. The number of anilines is 2. The average Bonchev–Trinajstić information content (AvgIpc) is 3.07. The number of carbonyl (C=O) groups excluding carboxylic acids is 2. The smallest absolute Gasteiger partial charge is 0.265 e. The van der Waals surface area contributed by atoms with E-state index in [4.69, 9.17) is 0 Å². The first kappa shape index (κ1) is 22.3. The third kappa shape index (κ3) is 4.11. The van der Waals surface area contributed by atoms with Gasteiger partial charge in [0.1, 0.15) is 0 Å². The van der Waals surface area contributed by atoms with E-state index in [0.29, 0.717) is 23.5 Å². The summed E-state index contributed by atoms with van der Waals surface area (Å²) in [5.74, 6) is -0.677. The molecular weight excluding hydrogens is 426 g/mol. The zero-order valence-corrected chi connectivity index (χ0v) is 19.4. The monoisotopic (exact) mass is 455 g/mol. The Bertz CT molecular complexity index is 1190. The number of hydrogen-bond acceptors (Lipinski definition) is 5. The van der Waals surface area contributed by atoms with E-state index in [1.165, 1.54) is 5.69 Å². The van der Waals surface area contributed by atoms with Gasteiger partial charge in [-0.05, 0) is 25.1 Å². The van der Waals surface area contributed by atoms with Gasteiger partial charge in [-0.3, -0.25) is 19.4 Å². The zero-order chi connectivity index (χ0) is 23.7. The summed E-state index contributed by atoms with van der Waals surface area (Å²) in [6.07, 6.45) is -0.274. The minimum atomic E-state index is -1.86. The van der Waals surface area contributed by atoms with Crippen molar-refractivity contribution in [3.05, 3.63) is 95.6 Å². The Kier molecular flexibility index (Phi) is 5.94. The number of Topliss-reactive ketones (excluding diaryl/α,β-unsaturated/α-hetero) is 1. The van der Waals surface area contributed by atoms with Crippen LogP contribution in [0.1, 0.15) is 27.9 Å². The fourth-order valence-electron chi connectivity index (χ4n) is 4.88. The van der Waals surface area contributed by atoms with Gasteiger partial charge in [-0.2, -0.15) is 0 Å². The Morgan fingerprint density at radius 1 is 0.882 bits per heavy atom. The fourth-order valence-corrected chi connectivity index (χ4v) is 4.88. The fraction of sp³-hybridized carbons (Fsp3) is 0.286. The molecule has 0 radical (unpaired) electrons. The van der Waals surface area contributed by atoms with Gasteiger partial charge in [0.25, 0.3) is 5.91 Å². The number of ketones is 1. The van der Waals surface area contributed by atoms with E-state index in [0.717, 1.165) is 31.7 Å². The number of benzene rings is 3. The van der Waals surface area contributed by atoms with Gasteiger partial charge >= 0.3 is 0 Å². The maximum absolute atomic E-state index is 13.6. The largest absolute Gasteiger partial charge is 0.375 e. The van der Waals surface area contributed by atoms with Gasteiger partial charge in [0, 0.05) is 43.0 Å². The summed E-state index contributed by atoms with van der Waals surface area (Å²) in [6.45, 7) is 5.69. The summed E-state index contributed by atoms with van der Waals surface area (Å²) >= 11 is 0. The third-order valence-corrected chi connectivity index (χ3v) is 6.86. The average molecular weight is 456 g/mol. The van der Waals surface area contributed by atoms with Gasteiger partial charge in [0.15, 0.2) is 11.4 Å². The molecule has 0 bridgehead atoms. The summed E-state index contributed by atoms with van der Waals surface area (Å²) in [5.41, 5.74) is 2.08. The molecule has 34 heavy (non-hydrogen) atoms. The first-order valence-electron chi connectivity index (χ1n) is 11.7. The lowest BCUT2D eigenvalue weighted by molar-refractivity contribution is -0.136. The predicted molar refractivity (Wildman–Crippen MR) is 133 cm³/mol. The summed E-state index contributed by atoms with van der Waals surface area (Å²) in [7, 11) is 0. The Morgan fingerprint density at radius 3 is 2.24 bits per heavy atom. The first-order chi connectivity index (χ1) is 16.5. The number of hydrogen-bond donors (Lipinski definition) is 1. The van der Waals surface area contributed by atoms with Crippen molar-refractivity contribution in [2.45, 2.75) is 18.9 Å². The van der Waals surface area contributed by atoms with E-state index in [-0.39, 0.29) is 12.2 Å². The maximum Gasteiger partial charge on any atom is 0.265 e. The van der Waals surface area contributed by atoms with Crippen molar-refractivity contribution in [1.29, 1.82) is 0 Å². The summed E-state index contributed by atoms with van der Waals surface area (Å²) in [6, 6.07) is 24.8. The van der Waals surface area contributed by atoms with Gasteiger partial charge in [0.2, 0.25) is 0 Å². The van der Waals surface area contributed by atoms with E-state index in [9.17, 15) is 14.7 Å². The lowest BCUT2D eigenvalue weighted by Crippen LogP contribution is -2.52. The number of amides is 1. The molecule has 0 saturated carbocycles. The number of aliphatic hydroxyl groups is 1. The molecule has 1 N–H and O–H groups in total. The van der Waals surface area contributed by atoms with Crippen LogP contribution in [0.15, 0.2) is 78.9 Å². The normalized spacial score (nSPS) is 20.5. The van der Waals surface area contributed by atoms with Crippen molar-refractivity contribution in [3.63, 3.8) is 0 Å². The highest BCUT2D eigenvalue weighted by Crippen LogP contribution is 2.43. The molecule has 2 aliphatic rings. The van der Waals surface area contributed by atoms with E-state index < -0.39 is 11.5 Å². The van der Waals surface area contributed by atoms with Crippen LogP contribution in [0, 0.1) is 6.92 Å². The second kappa shape index (κ2) is 9.05. The molecule has 6 nitrogen and oxygen atoms in total. The Labute approximate surface area is 200 Å². The lowest BCUT2D eigenvalue weighted by atomic mass is 9.88. The van der Waals surface area contributed by atoms with Crippen LogP contribution in [-0.4, -0.2) is 54.5 Å². The molecule has 0 aliphatic carbocycles. The van der Waals surface area contributed by atoms with Crippen LogP contribution >= 0.6 is 0 Å². The van der Waals surface area contributed by atoms with Crippen LogP contribution in [0.4, 0.5) is 11.4 Å². The molecule has 0 aromatic heterocycles. The third-order valence-electron chi connectivity index (χ3n) is 6.86. The number of aryl methyl sites for hydroxylation is 1. The number of fused-ring (bicyclic) bond motifs is 1. The van der Waals surface area contributed by atoms with Crippen LogP contribution in [-0.2, 0) is 10.4 Å². The van der Waals surface area contributed by atoms with Crippen molar-refractivity contribution in [2.75, 3.05) is 42.6 Å². The molecule has 174 valence electrons. The van der Waals surface area contributed by atoms with E-state index in [1.807, 2.05) is 49.4 Å². The lowest BCUT2D eigenvalue weighted by Gasteiger charge is -2.38.